The fourth-order valence-corrected chi connectivity index (χ4v) is 2.89. The van der Waals surface area contributed by atoms with Gasteiger partial charge in [-0.05, 0) is 12.1 Å². The van der Waals surface area contributed by atoms with Gasteiger partial charge < -0.3 is 10.8 Å². The SMILES string of the molecule is NCC1=NS(=O)(=O)c2cccc(C(=O)O)c21. The van der Waals surface area contributed by atoms with Crippen LogP contribution in [-0.2, 0) is 10.0 Å². The summed E-state index contributed by atoms with van der Waals surface area (Å²) in [6.45, 7) is -0.115. The molecule has 0 aliphatic carbocycles. The Morgan fingerprint density at radius 3 is 2.69 bits per heavy atom. The van der Waals surface area contributed by atoms with E-state index in [4.69, 9.17) is 10.8 Å². The smallest absolute Gasteiger partial charge is 0.336 e. The first-order chi connectivity index (χ1) is 7.47. The molecular formula is C9H8N2O4S. The fraction of sp³-hybridized carbons (Fsp3) is 0.111. The lowest BCUT2D eigenvalue weighted by atomic mass is 10.0. The maximum Gasteiger partial charge on any atom is 0.336 e. The summed E-state index contributed by atoms with van der Waals surface area (Å²) < 4.78 is 26.6. The summed E-state index contributed by atoms with van der Waals surface area (Å²) in [5.74, 6) is -1.20. The van der Waals surface area contributed by atoms with E-state index in [0.29, 0.717) is 0 Å². The van der Waals surface area contributed by atoms with Gasteiger partial charge in [0.1, 0.15) is 0 Å². The van der Waals surface area contributed by atoms with Gasteiger partial charge in [-0.15, -0.1) is 0 Å². The van der Waals surface area contributed by atoms with Crippen molar-refractivity contribution in [2.45, 2.75) is 4.90 Å². The van der Waals surface area contributed by atoms with Gasteiger partial charge in [-0.3, -0.25) is 0 Å². The molecule has 0 unspecified atom stereocenters. The molecule has 1 aliphatic heterocycles. The van der Waals surface area contributed by atoms with Crippen LogP contribution in [0.4, 0.5) is 0 Å². The maximum atomic E-state index is 11.6. The second kappa shape index (κ2) is 3.39. The predicted octanol–water partition coefficient (Wildman–Crippen LogP) is -0.165. The molecule has 0 bridgehead atoms. The van der Waals surface area contributed by atoms with Crippen molar-refractivity contribution in [2.24, 2.45) is 10.1 Å². The number of benzene rings is 1. The van der Waals surface area contributed by atoms with Crippen LogP contribution < -0.4 is 5.73 Å². The molecule has 0 aromatic heterocycles. The van der Waals surface area contributed by atoms with E-state index in [-0.39, 0.29) is 28.3 Å². The number of sulfonamides is 1. The number of aromatic carboxylic acids is 1. The Morgan fingerprint density at radius 2 is 2.12 bits per heavy atom. The van der Waals surface area contributed by atoms with Crippen molar-refractivity contribution in [1.82, 2.24) is 0 Å². The molecule has 0 fully saturated rings. The van der Waals surface area contributed by atoms with Crippen molar-refractivity contribution < 1.29 is 18.3 Å². The number of hydrogen-bond donors (Lipinski definition) is 2. The molecule has 1 aliphatic rings. The summed E-state index contributed by atoms with van der Waals surface area (Å²) in [4.78, 5) is 10.9. The van der Waals surface area contributed by atoms with Crippen LogP contribution in [0, 0.1) is 0 Å². The number of carboxylic acid groups (broad SMARTS) is 1. The van der Waals surface area contributed by atoms with Crippen molar-refractivity contribution in [3.8, 4) is 0 Å². The minimum absolute atomic E-state index is 0.0900. The Bertz CT molecular complexity index is 604. The Hall–Kier alpha value is -1.73. The predicted molar refractivity (Wildman–Crippen MR) is 56.2 cm³/mol. The Morgan fingerprint density at radius 1 is 1.44 bits per heavy atom. The van der Waals surface area contributed by atoms with E-state index in [9.17, 15) is 13.2 Å². The Kier molecular flexibility index (Phi) is 2.28. The average molecular weight is 240 g/mol. The minimum Gasteiger partial charge on any atom is -0.478 e. The van der Waals surface area contributed by atoms with Crippen molar-refractivity contribution in [3.05, 3.63) is 29.3 Å². The molecule has 16 heavy (non-hydrogen) atoms. The van der Waals surface area contributed by atoms with Gasteiger partial charge in [0.25, 0.3) is 10.0 Å². The quantitative estimate of drug-likeness (QED) is 0.746. The van der Waals surface area contributed by atoms with Crippen LogP contribution >= 0.6 is 0 Å². The number of carbonyl (C=O) groups is 1. The summed E-state index contributed by atoms with van der Waals surface area (Å²) in [5, 5.41) is 8.94. The number of hydrogen-bond acceptors (Lipinski definition) is 4. The van der Waals surface area contributed by atoms with E-state index in [0.717, 1.165) is 0 Å². The van der Waals surface area contributed by atoms with Crippen LogP contribution in [0.5, 0.6) is 0 Å². The summed E-state index contributed by atoms with van der Waals surface area (Å²) in [6.07, 6.45) is 0. The summed E-state index contributed by atoms with van der Waals surface area (Å²) in [7, 11) is -3.78. The van der Waals surface area contributed by atoms with Gasteiger partial charge in [0.15, 0.2) is 0 Å². The van der Waals surface area contributed by atoms with E-state index >= 15 is 0 Å². The number of fused-ring (bicyclic) bond motifs is 1. The van der Waals surface area contributed by atoms with Gasteiger partial charge in [-0.1, -0.05) is 6.07 Å². The highest BCUT2D eigenvalue weighted by Crippen LogP contribution is 2.28. The molecule has 1 aromatic rings. The molecule has 0 saturated carbocycles. The van der Waals surface area contributed by atoms with Crippen LogP contribution in [0.15, 0.2) is 27.5 Å². The average Bonchev–Trinajstić information content (AvgIpc) is 2.50. The zero-order valence-electron chi connectivity index (χ0n) is 8.04. The van der Waals surface area contributed by atoms with Gasteiger partial charge in [0, 0.05) is 12.1 Å². The van der Waals surface area contributed by atoms with Gasteiger partial charge >= 0.3 is 5.97 Å². The highest BCUT2D eigenvalue weighted by Gasteiger charge is 2.31. The molecule has 0 saturated heterocycles. The van der Waals surface area contributed by atoms with E-state index in [1.807, 2.05) is 0 Å². The molecule has 84 valence electrons. The molecular weight excluding hydrogens is 232 g/mol. The summed E-state index contributed by atoms with van der Waals surface area (Å²) >= 11 is 0. The monoisotopic (exact) mass is 240 g/mol. The number of nitrogens with two attached hydrogens (primary N) is 1. The Labute approximate surface area is 91.5 Å². The zero-order chi connectivity index (χ0) is 11.9. The number of nitrogens with zero attached hydrogens (tertiary/aromatic N) is 1. The third kappa shape index (κ3) is 1.41. The molecule has 3 N–H and O–H groups in total. The molecule has 7 heteroatoms. The maximum absolute atomic E-state index is 11.6. The summed E-state index contributed by atoms with van der Waals surface area (Å²) in [5.41, 5.74) is 5.46. The van der Waals surface area contributed by atoms with Crippen molar-refractivity contribution >= 4 is 21.7 Å². The van der Waals surface area contributed by atoms with Gasteiger partial charge in [-0.2, -0.15) is 12.8 Å². The number of rotatable bonds is 2. The molecule has 0 radical (unpaired) electrons. The van der Waals surface area contributed by atoms with Crippen LogP contribution in [0.1, 0.15) is 15.9 Å². The van der Waals surface area contributed by atoms with Crippen LogP contribution in [0.2, 0.25) is 0 Å². The first kappa shape index (κ1) is 10.8. The number of carboxylic acids is 1. The van der Waals surface area contributed by atoms with E-state index in [2.05, 4.69) is 4.40 Å². The minimum atomic E-state index is -3.78. The topological polar surface area (TPSA) is 110 Å². The van der Waals surface area contributed by atoms with Gasteiger partial charge in [-0.25, -0.2) is 4.79 Å². The molecule has 6 nitrogen and oxygen atoms in total. The standard InChI is InChI=1S/C9H8N2O4S/c10-4-6-8-5(9(12)13)2-1-3-7(8)16(14,15)11-6/h1-3H,4,10H2,(H,12,13). The van der Waals surface area contributed by atoms with Crippen LogP contribution in [0.3, 0.4) is 0 Å². The lowest BCUT2D eigenvalue weighted by Crippen LogP contribution is -2.16. The molecule has 2 rings (SSSR count). The molecule has 0 atom stereocenters. The van der Waals surface area contributed by atoms with Crippen molar-refractivity contribution in [1.29, 1.82) is 0 Å². The lowest BCUT2D eigenvalue weighted by Gasteiger charge is -2.03. The largest absolute Gasteiger partial charge is 0.478 e. The second-order valence-electron chi connectivity index (χ2n) is 3.20. The van der Waals surface area contributed by atoms with E-state index < -0.39 is 16.0 Å². The molecule has 1 heterocycles. The fourth-order valence-electron chi connectivity index (χ4n) is 1.60. The van der Waals surface area contributed by atoms with Crippen LogP contribution in [0.25, 0.3) is 0 Å². The van der Waals surface area contributed by atoms with E-state index in [1.165, 1.54) is 18.2 Å². The second-order valence-corrected chi connectivity index (χ2v) is 4.77. The van der Waals surface area contributed by atoms with Gasteiger partial charge in [0.2, 0.25) is 0 Å². The van der Waals surface area contributed by atoms with E-state index in [1.54, 1.807) is 0 Å². The highest BCUT2D eigenvalue weighted by atomic mass is 32.2. The zero-order valence-corrected chi connectivity index (χ0v) is 8.86. The first-order valence-corrected chi connectivity index (χ1v) is 5.82. The lowest BCUT2D eigenvalue weighted by molar-refractivity contribution is 0.0696. The first-order valence-electron chi connectivity index (χ1n) is 4.38. The third-order valence-corrected chi connectivity index (χ3v) is 3.60. The molecule has 0 amide bonds. The molecule has 0 spiro atoms. The highest BCUT2D eigenvalue weighted by molar-refractivity contribution is 7.90. The summed E-state index contributed by atoms with van der Waals surface area (Å²) in [6, 6.07) is 4.02. The Balaban J connectivity index is 2.83. The van der Waals surface area contributed by atoms with Crippen molar-refractivity contribution in [2.75, 3.05) is 6.54 Å². The van der Waals surface area contributed by atoms with Gasteiger partial charge in [0.05, 0.1) is 16.2 Å². The normalized spacial score (nSPS) is 16.7. The van der Waals surface area contributed by atoms with Crippen molar-refractivity contribution in [3.63, 3.8) is 0 Å². The molecule has 1 aromatic carbocycles. The third-order valence-electron chi connectivity index (χ3n) is 2.25. The van der Waals surface area contributed by atoms with Crippen LogP contribution in [-0.4, -0.2) is 31.8 Å².